The third kappa shape index (κ3) is 5.13. The number of nitrogens with zero attached hydrogens (tertiary/aromatic N) is 3. The largest absolute Gasteiger partial charge is 0.493 e. The van der Waals surface area contributed by atoms with Gasteiger partial charge in [-0.2, -0.15) is 0 Å². The minimum atomic E-state index is 0.146. The first-order valence-corrected chi connectivity index (χ1v) is 9.56. The second kappa shape index (κ2) is 9.94. The number of piperazine rings is 1. The quantitative estimate of drug-likeness (QED) is 0.697. The lowest BCUT2D eigenvalue weighted by molar-refractivity contribution is -0.130. The van der Waals surface area contributed by atoms with Gasteiger partial charge in [-0.1, -0.05) is 12.1 Å². The first kappa shape index (κ1) is 19.9. The van der Waals surface area contributed by atoms with Gasteiger partial charge >= 0.3 is 0 Å². The maximum absolute atomic E-state index is 12.4. The molecule has 1 fully saturated rings. The molecule has 1 aliphatic rings. The number of carbonyl (C=O) groups excluding carboxylic acids is 1. The van der Waals surface area contributed by atoms with Crippen LogP contribution in [0, 0.1) is 0 Å². The Balaban J connectivity index is 1.38. The highest BCUT2D eigenvalue weighted by Crippen LogP contribution is 2.27. The number of hydrogen-bond acceptors (Lipinski definition) is 6. The SMILES string of the molecule is COc1ccc(CCNCC(=O)N2CCN(c3ccccn3)CC2)cc1OC. The third-order valence-electron chi connectivity index (χ3n) is 4.92. The van der Waals surface area contributed by atoms with E-state index in [9.17, 15) is 4.79 Å². The molecule has 0 unspecified atom stereocenters. The van der Waals surface area contributed by atoms with E-state index in [1.807, 2.05) is 41.3 Å². The summed E-state index contributed by atoms with van der Waals surface area (Å²) in [6.45, 7) is 4.17. The van der Waals surface area contributed by atoms with E-state index in [4.69, 9.17) is 9.47 Å². The first-order chi connectivity index (χ1) is 13.7. The Kier molecular flexibility index (Phi) is 7.08. The second-order valence-electron chi connectivity index (χ2n) is 6.67. The molecule has 1 amide bonds. The molecule has 1 aliphatic heterocycles. The van der Waals surface area contributed by atoms with Crippen molar-refractivity contribution in [2.24, 2.45) is 0 Å². The first-order valence-electron chi connectivity index (χ1n) is 9.56. The van der Waals surface area contributed by atoms with E-state index in [1.165, 1.54) is 0 Å². The standard InChI is InChI=1S/C21H28N4O3/c1-27-18-7-6-17(15-19(18)28-2)8-10-22-16-21(26)25-13-11-24(12-14-25)20-5-3-4-9-23-20/h3-7,9,15,22H,8,10-14,16H2,1-2H3. The van der Waals surface area contributed by atoms with Crippen LogP contribution in [0.3, 0.4) is 0 Å². The third-order valence-corrected chi connectivity index (χ3v) is 4.92. The van der Waals surface area contributed by atoms with Crippen molar-refractivity contribution in [3.8, 4) is 11.5 Å². The van der Waals surface area contributed by atoms with Gasteiger partial charge in [-0.05, 0) is 42.8 Å². The number of amides is 1. The van der Waals surface area contributed by atoms with Crippen molar-refractivity contribution in [2.45, 2.75) is 6.42 Å². The van der Waals surface area contributed by atoms with Crippen LogP contribution in [-0.4, -0.2) is 69.3 Å². The lowest BCUT2D eigenvalue weighted by Crippen LogP contribution is -2.51. The lowest BCUT2D eigenvalue weighted by atomic mass is 10.1. The number of anilines is 1. The van der Waals surface area contributed by atoms with E-state index in [2.05, 4.69) is 15.2 Å². The van der Waals surface area contributed by atoms with Gasteiger partial charge in [-0.15, -0.1) is 0 Å². The molecule has 1 aromatic carbocycles. The van der Waals surface area contributed by atoms with Gasteiger partial charge in [-0.3, -0.25) is 4.79 Å². The summed E-state index contributed by atoms with van der Waals surface area (Å²) in [5.74, 6) is 2.57. The predicted molar refractivity (Wildman–Crippen MR) is 109 cm³/mol. The summed E-state index contributed by atoms with van der Waals surface area (Å²) in [4.78, 5) is 20.9. The van der Waals surface area contributed by atoms with E-state index >= 15 is 0 Å². The number of aromatic nitrogens is 1. The van der Waals surface area contributed by atoms with E-state index < -0.39 is 0 Å². The van der Waals surface area contributed by atoms with Crippen LogP contribution in [0.1, 0.15) is 5.56 Å². The molecule has 3 rings (SSSR count). The molecule has 0 aliphatic carbocycles. The average molecular weight is 384 g/mol. The summed E-state index contributed by atoms with van der Waals surface area (Å²) in [5.41, 5.74) is 1.14. The number of methoxy groups -OCH3 is 2. The lowest BCUT2D eigenvalue weighted by Gasteiger charge is -2.35. The molecular weight excluding hydrogens is 356 g/mol. The van der Waals surface area contributed by atoms with Crippen molar-refractivity contribution in [2.75, 3.05) is 58.4 Å². The highest BCUT2D eigenvalue weighted by Gasteiger charge is 2.21. The zero-order chi connectivity index (χ0) is 19.8. The van der Waals surface area contributed by atoms with Crippen molar-refractivity contribution >= 4 is 11.7 Å². The van der Waals surface area contributed by atoms with Crippen molar-refractivity contribution in [1.29, 1.82) is 0 Å². The van der Waals surface area contributed by atoms with Gasteiger partial charge in [0, 0.05) is 32.4 Å². The molecule has 0 saturated carbocycles. The van der Waals surface area contributed by atoms with Crippen molar-refractivity contribution in [3.63, 3.8) is 0 Å². The molecule has 7 nitrogen and oxygen atoms in total. The van der Waals surface area contributed by atoms with Crippen LogP contribution in [0.5, 0.6) is 11.5 Å². The van der Waals surface area contributed by atoms with Crippen molar-refractivity contribution in [1.82, 2.24) is 15.2 Å². The Morgan fingerprint density at radius 1 is 1.07 bits per heavy atom. The van der Waals surface area contributed by atoms with E-state index in [0.29, 0.717) is 6.54 Å². The van der Waals surface area contributed by atoms with Gasteiger partial charge in [-0.25, -0.2) is 4.98 Å². The summed E-state index contributed by atoms with van der Waals surface area (Å²) >= 11 is 0. The molecule has 7 heteroatoms. The molecule has 0 spiro atoms. The van der Waals surface area contributed by atoms with Gasteiger partial charge < -0.3 is 24.6 Å². The minimum Gasteiger partial charge on any atom is -0.493 e. The molecule has 150 valence electrons. The average Bonchev–Trinajstić information content (AvgIpc) is 2.77. The number of ether oxygens (including phenoxy) is 2. The predicted octanol–water partition coefficient (Wildman–Crippen LogP) is 1.58. The zero-order valence-corrected chi connectivity index (χ0v) is 16.6. The zero-order valence-electron chi connectivity index (χ0n) is 16.6. The van der Waals surface area contributed by atoms with Crippen LogP contribution in [0.2, 0.25) is 0 Å². The van der Waals surface area contributed by atoms with Gasteiger partial charge in [0.05, 0.1) is 20.8 Å². The molecular formula is C21H28N4O3. The van der Waals surface area contributed by atoms with E-state index in [0.717, 1.165) is 62.0 Å². The highest BCUT2D eigenvalue weighted by molar-refractivity contribution is 5.78. The number of pyridine rings is 1. The van der Waals surface area contributed by atoms with Crippen LogP contribution in [0.15, 0.2) is 42.6 Å². The normalized spacial score (nSPS) is 14.1. The summed E-state index contributed by atoms with van der Waals surface area (Å²) in [5, 5.41) is 3.25. The monoisotopic (exact) mass is 384 g/mol. The van der Waals surface area contributed by atoms with Gasteiger partial charge in [0.15, 0.2) is 11.5 Å². The summed E-state index contributed by atoms with van der Waals surface area (Å²) in [6, 6.07) is 11.8. The summed E-state index contributed by atoms with van der Waals surface area (Å²) in [6.07, 6.45) is 2.62. The number of rotatable bonds is 8. The Labute approximate surface area is 166 Å². The number of carbonyl (C=O) groups is 1. The Morgan fingerprint density at radius 3 is 2.54 bits per heavy atom. The molecule has 1 saturated heterocycles. The van der Waals surface area contributed by atoms with Crippen LogP contribution in [0.4, 0.5) is 5.82 Å². The summed E-state index contributed by atoms with van der Waals surface area (Å²) < 4.78 is 10.6. The molecule has 0 radical (unpaired) electrons. The van der Waals surface area contributed by atoms with Crippen LogP contribution in [0.25, 0.3) is 0 Å². The fraction of sp³-hybridized carbons (Fsp3) is 0.429. The fourth-order valence-electron chi connectivity index (χ4n) is 3.30. The molecule has 1 aromatic heterocycles. The van der Waals surface area contributed by atoms with Crippen LogP contribution < -0.4 is 19.7 Å². The Hall–Kier alpha value is -2.80. The van der Waals surface area contributed by atoms with Gasteiger partial charge in [0.2, 0.25) is 5.91 Å². The van der Waals surface area contributed by atoms with Crippen molar-refractivity contribution in [3.05, 3.63) is 48.2 Å². The minimum absolute atomic E-state index is 0.146. The highest BCUT2D eigenvalue weighted by atomic mass is 16.5. The molecule has 2 aromatic rings. The van der Waals surface area contributed by atoms with Gasteiger partial charge in [0.1, 0.15) is 5.82 Å². The van der Waals surface area contributed by atoms with E-state index in [1.54, 1.807) is 20.4 Å². The smallest absolute Gasteiger partial charge is 0.236 e. The molecule has 2 heterocycles. The van der Waals surface area contributed by atoms with Crippen LogP contribution in [-0.2, 0) is 11.2 Å². The number of hydrogen-bond donors (Lipinski definition) is 1. The van der Waals surface area contributed by atoms with E-state index in [-0.39, 0.29) is 5.91 Å². The maximum atomic E-state index is 12.4. The molecule has 0 bridgehead atoms. The van der Waals surface area contributed by atoms with Gasteiger partial charge in [0.25, 0.3) is 0 Å². The Bertz CT molecular complexity index is 762. The van der Waals surface area contributed by atoms with Crippen LogP contribution >= 0.6 is 0 Å². The topological polar surface area (TPSA) is 66.9 Å². The molecule has 0 atom stereocenters. The number of benzene rings is 1. The molecule has 1 N–H and O–H groups in total. The summed E-state index contributed by atoms with van der Waals surface area (Å²) in [7, 11) is 3.26. The molecule has 28 heavy (non-hydrogen) atoms. The fourth-order valence-corrected chi connectivity index (χ4v) is 3.30. The maximum Gasteiger partial charge on any atom is 0.236 e. The second-order valence-corrected chi connectivity index (χ2v) is 6.67. The van der Waals surface area contributed by atoms with Crippen molar-refractivity contribution < 1.29 is 14.3 Å². The Morgan fingerprint density at radius 2 is 1.86 bits per heavy atom. The number of nitrogens with one attached hydrogen (secondary N) is 1.